The first-order chi connectivity index (χ1) is 5.70. The highest BCUT2D eigenvalue weighted by Gasteiger charge is 2.57. The van der Waals surface area contributed by atoms with E-state index in [0.717, 1.165) is 6.42 Å². The molecule has 0 heterocycles. The van der Waals surface area contributed by atoms with Crippen molar-refractivity contribution in [1.29, 1.82) is 0 Å². The van der Waals surface area contributed by atoms with Crippen LogP contribution in [0.2, 0.25) is 0 Å². The Morgan fingerprint density at radius 3 is 2.33 bits per heavy atom. The van der Waals surface area contributed by atoms with Crippen molar-refractivity contribution in [2.75, 3.05) is 0 Å². The molecule has 0 saturated heterocycles. The molecule has 4 rings (SSSR count). The van der Waals surface area contributed by atoms with Gasteiger partial charge in [-0.1, -0.05) is 25.0 Å². The van der Waals surface area contributed by atoms with Gasteiger partial charge < -0.3 is 5.11 Å². The molecule has 1 N–H and O–H groups in total. The van der Waals surface area contributed by atoms with Crippen LogP contribution in [-0.2, 0) is 0 Å². The smallest absolute Gasteiger partial charge is 0.0967 e. The van der Waals surface area contributed by atoms with Gasteiger partial charge in [-0.25, -0.2) is 0 Å². The summed E-state index contributed by atoms with van der Waals surface area (Å²) >= 11 is 0. The predicted molar refractivity (Wildman–Crippen MR) is 47.7 cm³/mol. The third kappa shape index (κ3) is 0.511. The first kappa shape index (κ1) is 6.76. The SMILES string of the molecule is CC(C)C1=C2C3CC2C3=C(O)C1. The average Bonchev–Trinajstić information content (AvgIpc) is 1.79. The highest BCUT2D eigenvalue weighted by molar-refractivity contribution is 5.58. The monoisotopic (exact) mass is 162 g/mol. The molecule has 3 fully saturated rings. The van der Waals surface area contributed by atoms with Crippen LogP contribution in [0.5, 0.6) is 0 Å². The fourth-order valence-corrected chi connectivity index (χ4v) is 2.92. The fraction of sp³-hybridized carbons (Fsp3) is 0.636. The second kappa shape index (κ2) is 1.78. The third-order valence-electron chi connectivity index (χ3n) is 3.73. The topological polar surface area (TPSA) is 20.2 Å². The van der Waals surface area contributed by atoms with E-state index < -0.39 is 0 Å². The van der Waals surface area contributed by atoms with E-state index in [0.29, 0.717) is 23.5 Å². The van der Waals surface area contributed by atoms with Crippen LogP contribution in [0.1, 0.15) is 26.7 Å². The Bertz CT molecular complexity index is 306. The number of aliphatic hydroxyl groups is 1. The lowest BCUT2D eigenvalue weighted by Gasteiger charge is -2.60. The Balaban J connectivity index is 2.04. The van der Waals surface area contributed by atoms with Crippen LogP contribution in [0.15, 0.2) is 22.5 Å². The Morgan fingerprint density at radius 2 is 1.92 bits per heavy atom. The standard InChI is InChI=1S/C11H14O/c1-5(2)6-4-9(12)11-7-3-8(11)10(6)7/h5,7-8,12H,3-4H2,1-2H3. The molecule has 0 aromatic heterocycles. The van der Waals surface area contributed by atoms with Crippen LogP contribution in [0.4, 0.5) is 0 Å². The summed E-state index contributed by atoms with van der Waals surface area (Å²) in [6.45, 7) is 4.47. The molecule has 0 amide bonds. The molecule has 4 aliphatic carbocycles. The Labute approximate surface area is 72.8 Å². The molecule has 0 aromatic rings. The van der Waals surface area contributed by atoms with Crippen LogP contribution >= 0.6 is 0 Å². The van der Waals surface area contributed by atoms with Crippen molar-refractivity contribution in [3.8, 4) is 0 Å². The molecular formula is C11H14O. The van der Waals surface area contributed by atoms with Gasteiger partial charge in [-0.2, -0.15) is 0 Å². The van der Waals surface area contributed by atoms with Gasteiger partial charge in [0, 0.05) is 18.3 Å². The largest absolute Gasteiger partial charge is 0.512 e. The van der Waals surface area contributed by atoms with Gasteiger partial charge in [-0.15, -0.1) is 0 Å². The lowest BCUT2D eigenvalue weighted by Crippen LogP contribution is -2.50. The number of aliphatic hydroxyl groups excluding tert-OH is 1. The van der Waals surface area contributed by atoms with Gasteiger partial charge in [0.1, 0.15) is 0 Å². The minimum absolute atomic E-state index is 0.634. The van der Waals surface area contributed by atoms with E-state index in [1.54, 1.807) is 5.57 Å². The lowest BCUT2D eigenvalue weighted by molar-refractivity contribution is 0.193. The van der Waals surface area contributed by atoms with Gasteiger partial charge in [0.25, 0.3) is 0 Å². The summed E-state index contributed by atoms with van der Waals surface area (Å²) in [5.74, 6) is 2.73. The zero-order chi connectivity index (χ0) is 8.46. The molecule has 64 valence electrons. The summed E-state index contributed by atoms with van der Waals surface area (Å²) in [6.07, 6.45) is 2.18. The molecule has 2 unspecified atom stereocenters. The van der Waals surface area contributed by atoms with E-state index in [-0.39, 0.29) is 0 Å². The predicted octanol–water partition coefficient (Wildman–Crippen LogP) is 2.80. The maximum atomic E-state index is 9.68. The van der Waals surface area contributed by atoms with E-state index >= 15 is 0 Å². The van der Waals surface area contributed by atoms with Crippen molar-refractivity contribution < 1.29 is 5.11 Å². The van der Waals surface area contributed by atoms with Gasteiger partial charge in [-0.3, -0.25) is 0 Å². The summed E-state index contributed by atoms with van der Waals surface area (Å²) in [6, 6.07) is 0. The summed E-state index contributed by atoms with van der Waals surface area (Å²) in [5, 5.41) is 9.68. The Morgan fingerprint density at radius 1 is 1.25 bits per heavy atom. The first-order valence-corrected chi connectivity index (χ1v) is 4.85. The minimum atomic E-state index is 0.634. The van der Waals surface area contributed by atoms with Gasteiger partial charge in [-0.05, 0) is 17.9 Å². The summed E-state index contributed by atoms with van der Waals surface area (Å²) < 4.78 is 0. The molecule has 0 radical (unpaired) electrons. The van der Waals surface area contributed by atoms with E-state index in [4.69, 9.17) is 0 Å². The lowest BCUT2D eigenvalue weighted by atomic mass is 9.44. The molecule has 3 saturated carbocycles. The third-order valence-corrected chi connectivity index (χ3v) is 3.73. The second-order valence-electron chi connectivity index (χ2n) is 4.55. The Hall–Kier alpha value is -0.720. The molecule has 4 bridgehead atoms. The van der Waals surface area contributed by atoms with E-state index in [9.17, 15) is 5.11 Å². The summed E-state index contributed by atoms with van der Waals surface area (Å²) in [5.41, 5.74) is 4.61. The van der Waals surface area contributed by atoms with Crippen LogP contribution in [0.25, 0.3) is 0 Å². The van der Waals surface area contributed by atoms with E-state index in [1.165, 1.54) is 17.6 Å². The van der Waals surface area contributed by atoms with Gasteiger partial charge in [0.05, 0.1) is 5.76 Å². The first-order valence-electron chi connectivity index (χ1n) is 4.85. The highest BCUT2D eigenvalue weighted by Crippen LogP contribution is 2.68. The Kier molecular flexibility index (Phi) is 1.00. The van der Waals surface area contributed by atoms with E-state index in [2.05, 4.69) is 13.8 Å². The van der Waals surface area contributed by atoms with Crippen LogP contribution in [-0.4, -0.2) is 5.11 Å². The fourth-order valence-electron chi connectivity index (χ4n) is 2.92. The van der Waals surface area contributed by atoms with Gasteiger partial charge >= 0.3 is 0 Å². The van der Waals surface area contributed by atoms with Crippen molar-refractivity contribution in [2.24, 2.45) is 17.8 Å². The number of hydrogen-bond acceptors (Lipinski definition) is 1. The van der Waals surface area contributed by atoms with E-state index in [1.807, 2.05) is 0 Å². The van der Waals surface area contributed by atoms with Crippen molar-refractivity contribution >= 4 is 0 Å². The van der Waals surface area contributed by atoms with Crippen LogP contribution < -0.4 is 0 Å². The molecular weight excluding hydrogens is 148 g/mol. The molecule has 12 heavy (non-hydrogen) atoms. The molecule has 4 aliphatic rings. The minimum Gasteiger partial charge on any atom is -0.512 e. The number of hydrogen-bond donors (Lipinski definition) is 1. The quantitative estimate of drug-likeness (QED) is 0.588. The molecule has 1 nitrogen and oxygen atoms in total. The highest BCUT2D eigenvalue weighted by atomic mass is 16.3. The average molecular weight is 162 g/mol. The van der Waals surface area contributed by atoms with Crippen LogP contribution in [0.3, 0.4) is 0 Å². The number of allylic oxidation sites excluding steroid dienone is 3. The molecule has 0 spiro atoms. The maximum Gasteiger partial charge on any atom is 0.0967 e. The van der Waals surface area contributed by atoms with Crippen molar-refractivity contribution in [3.63, 3.8) is 0 Å². The zero-order valence-electron chi connectivity index (χ0n) is 7.59. The van der Waals surface area contributed by atoms with Crippen molar-refractivity contribution in [3.05, 3.63) is 22.5 Å². The van der Waals surface area contributed by atoms with Crippen molar-refractivity contribution in [1.82, 2.24) is 0 Å². The number of rotatable bonds is 1. The summed E-state index contributed by atoms with van der Waals surface area (Å²) in [7, 11) is 0. The van der Waals surface area contributed by atoms with Gasteiger partial charge in [0.15, 0.2) is 0 Å². The summed E-state index contributed by atoms with van der Waals surface area (Å²) in [4.78, 5) is 0. The molecule has 0 aromatic carbocycles. The zero-order valence-corrected chi connectivity index (χ0v) is 7.59. The molecule has 1 heteroatoms. The van der Waals surface area contributed by atoms with Crippen LogP contribution in [0, 0.1) is 17.8 Å². The van der Waals surface area contributed by atoms with Crippen molar-refractivity contribution in [2.45, 2.75) is 26.7 Å². The maximum absolute atomic E-state index is 9.68. The normalized spacial score (nSPS) is 36.9. The van der Waals surface area contributed by atoms with Gasteiger partial charge in [0.2, 0.25) is 0 Å². The second-order valence-corrected chi connectivity index (χ2v) is 4.55. The molecule has 2 atom stereocenters. The molecule has 0 aliphatic heterocycles.